The van der Waals surface area contributed by atoms with E-state index in [-0.39, 0.29) is 29.9 Å². The van der Waals surface area contributed by atoms with Gasteiger partial charge in [0.2, 0.25) is 11.7 Å². The highest BCUT2D eigenvalue weighted by Crippen LogP contribution is 2.37. The number of hydrogen-bond donors (Lipinski definition) is 0. The van der Waals surface area contributed by atoms with Crippen molar-refractivity contribution >= 4 is 78.3 Å². The molecule has 0 saturated carbocycles. The van der Waals surface area contributed by atoms with Crippen LogP contribution in [0.15, 0.2) is 60.7 Å². The first-order valence-corrected chi connectivity index (χ1v) is 20.8. The molecule has 0 N–H and O–H groups in total. The number of amides is 1. The zero-order valence-corrected chi connectivity index (χ0v) is 36.9. The van der Waals surface area contributed by atoms with Crippen LogP contribution in [0, 0.1) is 35.0 Å². The van der Waals surface area contributed by atoms with Crippen molar-refractivity contribution in [2.24, 2.45) is 10.8 Å². The maximum atomic E-state index is 11.1. The average molecular weight is 867 g/mol. The lowest BCUT2D eigenvalue weighted by Crippen LogP contribution is -2.46. The average Bonchev–Trinajstić information content (AvgIpc) is 3.13. The van der Waals surface area contributed by atoms with Crippen molar-refractivity contribution in [2.75, 3.05) is 40.6 Å². The van der Waals surface area contributed by atoms with E-state index in [1.165, 1.54) is 21.0 Å². The third-order valence-electron chi connectivity index (χ3n) is 8.33. The van der Waals surface area contributed by atoms with E-state index in [1.54, 1.807) is 7.05 Å². The van der Waals surface area contributed by atoms with Crippen molar-refractivity contribution in [1.82, 2.24) is 5.06 Å². The van der Waals surface area contributed by atoms with Crippen LogP contribution in [-0.4, -0.2) is 68.9 Å². The summed E-state index contributed by atoms with van der Waals surface area (Å²) in [6.07, 6.45) is 16.4. The van der Waals surface area contributed by atoms with E-state index < -0.39 is 11.6 Å². The summed E-state index contributed by atoms with van der Waals surface area (Å²) in [6, 6.07) is 15.5. The largest absolute Gasteiger partial charge is 0.350 e. The third-order valence-corrected chi connectivity index (χ3v) is 9.02. The Labute approximate surface area is 358 Å². The number of carbonyl (C=O) groups is 2. The van der Waals surface area contributed by atoms with Crippen LogP contribution in [0.5, 0.6) is 0 Å². The molecule has 0 aromatic heterocycles. The van der Waals surface area contributed by atoms with Gasteiger partial charge in [-0.3, -0.25) is 14.4 Å². The number of allylic oxidation sites excluding steroid dienone is 2. The highest BCUT2D eigenvalue weighted by atomic mass is 35.5. The number of rotatable bonds is 9. The van der Waals surface area contributed by atoms with Crippen LogP contribution < -0.4 is 0 Å². The summed E-state index contributed by atoms with van der Waals surface area (Å²) in [4.78, 5) is 25.7. The fourth-order valence-corrected chi connectivity index (χ4v) is 5.25. The molecular weight excluding hydrogens is 810 g/mol. The Bertz CT molecular complexity index is 1720. The molecule has 1 amide bonds. The highest BCUT2D eigenvalue weighted by molar-refractivity contribution is 8.37. The van der Waals surface area contributed by atoms with Crippen LogP contribution in [0.25, 0.3) is 12.2 Å². The van der Waals surface area contributed by atoms with Crippen LogP contribution in [0.1, 0.15) is 85.8 Å². The summed E-state index contributed by atoms with van der Waals surface area (Å²) in [5.74, 6) is 6.99. The molecule has 0 unspecified atom stereocenters. The fraction of sp³-hybridized carbons (Fsp3) is 0.488. The molecule has 13 heteroatoms. The van der Waals surface area contributed by atoms with E-state index in [2.05, 4.69) is 57.1 Å². The van der Waals surface area contributed by atoms with Crippen LogP contribution in [-0.2, 0) is 64.6 Å². The molecule has 2 fully saturated rings. The van der Waals surface area contributed by atoms with Gasteiger partial charge in [0, 0.05) is 85.9 Å². The topological polar surface area (TPSA) is 83.5 Å². The van der Waals surface area contributed by atoms with Gasteiger partial charge in [0.05, 0.1) is 33.5 Å². The maximum absolute atomic E-state index is 11.1. The standard InChI is InChI=1S/C20H23ClO3.C18H21ClO2.C4H9NO2.CH4.S3/c1-16(22)8-6-12-20(14-23-19(2,3)24-15-20)13-7-10-17-9-4-5-11-18(17)21;1-4-11-18(13-20-17(2,3)21-14-18)12-7-9-15-8-5-6-10-16(15)19;1-4(6)5(2)7-3;;1-3-2/h4-5,7,9-11H,12-15H2,1-3H3;1,5-10H,11-14H2,2-3H3;1-3H3;1H4;/b10-7+;9-7+;;;. The van der Waals surface area contributed by atoms with E-state index in [4.69, 9.17) is 48.6 Å². The SMILES string of the molecule is C.C#CCC1(C/C=C/c2ccccc2Cl)COC(C)(C)OC1.CC(=O)C#CCC1(C/C=C/c2ccccc2Cl)COC(C)(C)OC1.CON(C)C(C)=O.S=S=S. The molecule has 2 heterocycles. The second-order valence-corrected chi connectivity index (χ2v) is 16.5. The van der Waals surface area contributed by atoms with Gasteiger partial charge in [-0.15, -0.1) is 12.3 Å². The lowest BCUT2D eigenvalue weighted by Gasteiger charge is -2.42. The molecule has 2 aromatic rings. The zero-order valence-electron chi connectivity index (χ0n) is 32.9. The Morgan fingerprint density at radius 2 is 1.20 bits per heavy atom. The van der Waals surface area contributed by atoms with Crippen molar-refractivity contribution in [3.05, 3.63) is 81.9 Å². The van der Waals surface area contributed by atoms with Crippen LogP contribution >= 0.6 is 23.2 Å². The van der Waals surface area contributed by atoms with Crippen molar-refractivity contribution in [1.29, 1.82) is 0 Å². The van der Waals surface area contributed by atoms with Crippen molar-refractivity contribution < 1.29 is 33.4 Å². The van der Waals surface area contributed by atoms with Crippen molar-refractivity contribution in [3.8, 4) is 24.2 Å². The van der Waals surface area contributed by atoms with E-state index in [0.29, 0.717) is 39.3 Å². The van der Waals surface area contributed by atoms with E-state index >= 15 is 0 Å². The molecule has 0 spiro atoms. The van der Waals surface area contributed by atoms with Gasteiger partial charge < -0.3 is 18.9 Å². The lowest BCUT2D eigenvalue weighted by atomic mass is 9.81. The second kappa shape index (κ2) is 27.0. The van der Waals surface area contributed by atoms with Gasteiger partial charge in [-0.1, -0.05) is 97.3 Å². The van der Waals surface area contributed by atoms with E-state index in [1.807, 2.05) is 88.4 Å². The van der Waals surface area contributed by atoms with Gasteiger partial charge in [-0.2, -0.15) is 0 Å². The van der Waals surface area contributed by atoms with Gasteiger partial charge in [-0.05, 0) is 69.7 Å². The molecule has 4 rings (SSSR count). The van der Waals surface area contributed by atoms with Gasteiger partial charge in [0.15, 0.2) is 11.6 Å². The van der Waals surface area contributed by atoms with E-state index in [9.17, 15) is 9.59 Å². The molecule has 2 aliphatic rings. The number of ketones is 1. The number of carbonyl (C=O) groups excluding carboxylic acids is 2. The molecule has 2 aromatic carbocycles. The number of nitrogens with zero attached hydrogens (tertiary/aromatic N) is 1. The third kappa shape index (κ3) is 21.1. The zero-order chi connectivity index (χ0) is 41.5. The summed E-state index contributed by atoms with van der Waals surface area (Å²) in [5.41, 5.74) is 1.58. The van der Waals surface area contributed by atoms with Crippen LogP contribution in [0.3, 0.4) is 0 Å². The molecular formula is C43H57Cl2NO7S3. The Morgan fingerprint density at radius 1 is 0.821 bits per heavy atom. The summed E-state index contributed by atoms with van der Waals surface area (Å²) >= 11 is 20.6. The summed E-state index contributed by atoms with van der Waals surface area (Å²) in [5, 5.41) is 2.62. The molecule has 2 saturated heterocycles. The number of halogens is 2. The Morgan fingerprint density at radius 3 is 1.50 bits per heavy atom. The van der Waals surface area contributed by atoms with Gasteiger partial charge in [0.1, 0.15) is 0 Å². The van der Waals surface area contributed by atoms with E-state index in [0.717, 1.165) is 48.0 Å². The molecule has 56 heavy (non-hydrogen) atoms. The van der Waals surface area contributed by atoms with Gasteiger partial charge in [-0.25, -0.2) is 5.06 Å². The first-order valence-electron chi connectivity index (χ1n) is 17.4. The monoisotopic (exact) mass is 865 g/mol. The first kappa shape index (κ1) is 53.2. The summed E-state index contributed by atoms with van der Waals surface area (Å²) < 4.78 is 23.2. The normalized spacial score (nSPS) is 16.9. The van der Waals surface area contributed by atoms with Crippen molar-refractivity contribution in [3.63, 3.8) is 0 Å². The minimum Gasteiger partial charge on any atom is -0.350 e. The number of terminal acetylenes is 1. The number of benzene rings is 2. The van der Waals surface area contributed by atoms with Crippen LogP contribution in [0.2, 0.25) is 10.0 Å². The van der Waals surface area contributed by atoms with Gasteiger partial charge in [0.25, 0.3) is 0 Å². The summed E-state index contributed by atoms with van der Waals surface area (Å²) in [7, 11) is 3.92. The van der Waals surface area contributed by atoms with Crippen molar-refractivity contribution in [2.45, 2.75) is 86.2 Å². The molecule has 0 bridgehead atoms. The predicted octanol–water partition coefficient (Wildman–Crippen LogP) is 9.69. The van der Waals surface area contributed by atoms with Gasteiger partial charge >= 0.3 is 0 Å². The minimum absolute atomic E-state index is 0. The quantitative estimate of drug-likeness (QED) is 0.139. The smallest absolute Gasteiger partial charge is 0.242 e. The molecule has 0 aliphatic carbocycles. The minimum atomic E-state index is -0.579. The Kier molecular flexibility index (Phi) is 25.7. The highest BCUT2D eigenvalue weighted by Gasteiger charge is 2.40. The molecule has 0 radical (unpaired) electrons. The Hall–Kier alpha value is -2.78. The Balaban J connectivity index is 0.000000864. The lowest BCUT2D eigenvalue weighted by molar-refractivity contribution is -0.284. The predicted molar refractivity (Wildman–Crippen MR) is 238 cm³/mol. The molecule has 8 nitrogen and oxygen atoms in total. The molecule has 308 valence electrons. The number of Topliss-reactive ketones (excluding diaryl/α,β-unsaturated/α-hetero) is 1. The molecule has 0 atom stereocenters. The maximum Gasteiger partial charge on any atom is 0.242 e. The fourth-order valence-electron chi connectivity index (χ4n) is 4.85. The first-order chi connectivity index (χ1) is 25.9. The summed E-state index contributed by atoms with van der Waals surface area (Å²) in [6.45, 7) is 12.8. The number of hydrogen-bond acceptors (Lipinski definition) is 9. The number of hydroxylamine groups is 2. The van der Waals surface area contributed by atoms with Crippen LogP contribution in [0.4, 0.5) is 0 Å². The second-order valence-electron chi connectivity index (χ2n) is 13.9. The number of ether oxygens (including phenoxy) is 4. The molecule has 2 aliphatic heterocycles.